The van der Waals surface area contributed by atoms with Gasteiger partial charge in [0.25, 0.3) is 0 Å². The minimum absolute atomic E-state index is 0.260. The van der Waals surface area contributed by atoms with Gasteiger partial charge in [0.1, 0.15) is 6.23 Å². The summed E-state index contributed by atoms with van der Waals surface area (Å²) in [5.41, 5.74) is 0. The maximum absolute atomic E-state index is 9.23. The van der Waals surface area contributed by atoms with E-state index in [0.717, 1.165) is 19.6 Å². The highest BCUT2D eigenvalue weighted by Crippen LogP contribution is 2.01. The SMILES string of the molecule is CN1CCN(C)C(O)C1. The number of nitrogens with zero attached hydrogens (tertiary/aromatic N) is 2. The Kier molecular flexibility index (Phi) is 2.05. The molecule has 0 saturated carbocycles. The van der Waals surface area contributed by atoms with Crippen molar-refractivity contribution in [2.24, 2.45) is 0 Å². The Balaban J connectivity index is 2.35. The Labute approximate surface area is 55.9 Å². The van der Waals surface area contributed by atoms with Gasteiger partial charge in [0.2, 0.25) is 0 Å². The second-order valence-electron chi connectivity index (χ2n) is 2.72. The van der Waals surface area contributed by atoms with Crippen LogP contribution in [0.3, 0.4) is 0 Å². The number of rotatable bonds is 0. The number of likely N-dealkylation sites (N-methyl/N-ethyl adjacent to an activating group) is 2. The van der Waals surface area contributed by atoms with Crippen LogP contribution in [0.5, 0.6) is 0 Å². The third kappa shape index (κ3) is 1.64. The van der Waals surface area contributed by atoms with Crippen molar-refractivity contribution in [1.29, 1.82) is 0 Å². The lowest BCUT2D eigenvalue weighted by Crippen LogP contribution is -2.49. The van der Waals surface area contributed by atoms with Gasteiger partial charge >= 0.3 is 0 Å². The monoisotopic (exact) mass is 130 g/mol. The second kappa shape index (κ2) is 2.64. The van der Waals surface area contributed by atoms with Crippen LogP contribution in [-0.4, -0.2) is 54.9 Å². The molecule has 3 nitrogen and oxygen atoms in total. The molecule has 1 heterocycles. The lowest BCUT2D eigenvalue weighted by atomic mass is 10.3. The summed E-state index contributed by atoms with van der Waals surface area (Å²) >= 11 is 0. The maximum atomic E-state index is 9.23. The molecule has 1 rings (SSSR count). The van der Waals surface area contributed by atoms with Crippen molar-refractivity contribution in [2.75, 3.05) is 33.7 Å². The Bertz CT molecular complexity index is 97.1. The first-order chi connectivity index (χ1) is 4.20. The van der Waals surface area contributed by atoms with E-state index in [9.17, 15) is 5.11 Å². The molecule has 0 aromatic carbocycles. The van der Waals surface area contributed by atoms with E-state index in [4.69, 9.17) is 0 Å². The Hall–Kier alpha value is -0.120. The van der Waals surface area contributed by atoms with Crippen LogP contribution in [-0.2, 0) is 0 Å². The fraction of sp³-hybridized carbons (Fsp3) is 1.00. The first-order valence-electron chi connectivity index (χ1n) is 3.27. The van der Waals surface area contributed by atoms with Crippen LogP contribution < -0.4 is 0 Å². The number of aliphatic hydroxyl groups is 1. The topological polar surface area (TPSA) is 26.7 Å². The first-order valence-corrected chi connectivity index (χ1v) is 3.27. The van der Waals surface area contributed by atoms with Gasteiger partial charge in [0.15, 0.2) is 0 Å². The van der Waals surface area contributed by atoms with Gasteiger partial charge in [-0.05, 0) is 14.1 Å². The molecule has 1 atom stereocenters. The van der Waals surface area contributed by atoms with Crippen molar-refractivity contribution in [3.63, 3.8) is 0 Å². The van der Waals surface area contributed by atoms with Crippen LogP contribution in [0.2, 0.25) is 0 Å². The Morgan fingerprint density at radius 2 is 2.00 bits per heavy atom. The molecule has 54 valence electrons. The molecular weight excluding hydrogens is 116 g/mol. The number of β-amino-alcohol motifs (C(OH)–C–C–N with tert-alkyl or cyclic N) is 1. The zero-order chi connectivity index (χ0) is 6.85. The quantitative estimate of drug-likeness (QED) is 0.464. The van der Waals surface area contributed by atoms with E-state index >= 15 is 0 Å². The molecule has 9 heavy (non-hydrogen) atoms. The van der Waals surface area contributed by atoms with Gasteiger partial charge in [-0.1, -0.05) is 0 Å². The molecule has 0 aromatic heterocycles. The number of hydrogen-bond acceptors (Lipinski definition) is 3. The summed E-state index contributed by atoms with van der Waals surface area (Å²) in [5.74, 6) is 0. The summed E-state index contributed by atoms with van der Waals surface area (Å²) in [4.78, 5) is 4.09. The van der Waals surface area contributed by atoms with Gasteiger partial charge in [-0.25, -0.2) is 0 Å². The summed E-state index contributed by atoms with van der Waals surface area (Å²) in [6.45, 7) is 2.81. The van der Waals surface area contributed by atoms with Crippen molar-refractivity contribution >= 4 is 0 Å². The third-order valence-electron chi connectivity index (χ3n) is 1.82. The van der Waals surface area contributed by atoms with Gasteiger partial charge in [0.05, 0.1) is 0 Å². The highest BCUT2D eigenvalue weighted by molar-refractivity contribution is 4.69. The molecule has 1 aliphatic heterocycles. The smallest absolute Gasteiger partial charge is 0.120 e. The van der Waals surface area contributed by atoms with E-state index in [-0.39, 0.29) is 6.23 Å². The predicted molar refractivity (Wildman–Crippen MR) is 36.1 cm³/mol. The molecule has 1 fully saturated rings. The normalized spacial score (nSPS) is 33.0. The number of hydrogen-bond donors (Lipinski definition) is 1. The van der Waals surface area contributed by atoms with E-state index in [1.54, 1.807) is 0 Å². The minimum atomic E-state index is -0.260. The molecule has 0 aromatic rings. The molecule has 1 saturated heterocycles. The average molecular weight is 130 g/mol. The summed E-state index contributed by atoms with van der Waals surface area (Å²) < 4.78 is 0. The second-order valence-corrected chi connectivity index (χ2v) is 2.72. The molecule has 0 bridgehead atoms. The standard InChI is InChI=1S/C6H14N2O/c1-7-3-4-8(2)6(9)5-7/h6,9H,3-5H2,1-2H3. The molecule has 1 N–H and O–H groups in total. The maximum Gasteiger partial charge on any atom is 0.120 e. The first kappa shape index (κ1) is 6.99. The molecule has 0 aliphatic carbocycles. The third-order valence-corrected chi connectivity index (χ3v) is 1.82. The van der Waals surface area contributed by atoms with E-state index in [0.29, 0.717) is 0 Å². The Morgan fingerprint density at radius 1 is 1.33 bits per heavy atom. The molecule has 1 aliphatic rings. The van der Waals surface area contributed by atoms with Crippen molar-refractivity contribution in [1.82, 2.24) is 9.80 Å². The molecular formula is C6H14N2O. The van der Waals surface area contributed by atoms with Crippen molar-refractivity contribution < 1.29 is 5.11 Å². The van der Waals surface area contributed by atoms with E-state index in [1.165, 1.54) is 0 Å². The summed E-state index contributed by atoms with van der Waals surface area (Å²) in [6, 6.07) is 0. The molecule has 1 unspecified atom stereocenters. The highest BCUT2D eigenvalue weighted by atomic mass is 16.3. The van der Waals surface area contributed by atoms with Crippen molar-refractivity contribution in [3.8, 4) is 0 Å². The fourth-order valence-electron chi connectivity index (χ4n) is 0.987. The largest absolute Gasteiger partial charge is 0.377 e. The lowest BCUT2D eigenvalue weighted by molar-refractivity contribution is -0.0334. The van der Waals surface area contributed by atoms with Crippen LogP contribution in [0.25, 0.3) is 0 Å². The number of aliphatic hydroxyl groups excluding tert-OH is 1. The predicted octanol–water partition coefficient (Wildman–Crippen LogP) is -0.818. The van der Waals surface area contributed by atoms with Gasteiger partial charge in [-0.15, -0.1) is 0 Å². The van der Waals surface area contributed by atoms with Crippen LogP contribution in [0.15, 0.2) is 0 Å². The van der Waals surface area contributed by atoms with Crippen molar-refractivity contribution in [3.05, 3.63) is 0 Å². The fourth-order valence-corrected chi connectivity index (χ4v) is 0.987. The van der Waals surface area contributed by atoms with Gasteiger partial charge < -0.3 is 10.0 Å². The van der Waals surface area contributed by atoms with Gasteiger partial charge in [-0.2, -0.15) is 0 Å². The van der Waals surface area contributed by atoms with Crippen LogP contribution in [0, 0.1) is 0 Å². The molecule has 0 amide bonds. The average Bonchev–Trinajstić information content (AvgIpc) is 1.80. The van der Waals surface area contributed by atoms with Crippen LogP contribution in [0.4, 0.5) is 0 Å². The lowest BCUT2D eigenvalue weighted by Gasteiger charge is -2.34. The zero-order valence-corrected chi connectivity index (χ0v) is 6.04. The Morgan fingerprint density at radius 3 is 2.44 bits per heavy atom. The van der Waals surface area contributed by atoms with Crippen LogP contribution in [0.1, 0.15) is 0 Å². The van der Waals surface area contributed by atoms with Gasteiger partial charge in [0, 0.05) is 19.6 Å². The van der Waals surface area contributed by atoms with E-state index < -0.39 is 0 Å². The summed E-state index contributed by atoms with van der Waals surface area (Å²) in [7, 11) is 3.97. The summed E-state index contributed by atoms with van der Waals surface area (Å²) in [5, 5.41) is 9.23. The highest BCUT2D eigenvalue weighted by Gasteiger charge is 2.18. The molecule has 3 heteroatoms. The molecule has 0 spiro atoms. The van der Waals surface area contributed by atoms with Gasteiger partial charge in [-0.3, -0.25) is 4.90 Å². The zero-order valence-electron chi connectivity index (χ0n) is 6.04. The van der Waals surface area contributed by atoms with Crippen molar-refractivity contribution in [2.45, 2.75) is 6.23 Å². The molecule has 0 radical (unpaired) electrons. The van der Waals surface area contributed by atoms with Crippen LogP contribution >= 0.6 is 0 Å². The van der Waals surface area contributed by atoms with E-state index in [1.807, 2.05) is 19.0 Å². The summed E-state index contributed by atoms with van der Waals surface area (Å²) in [6.07, 6.45) is -0.260. The number of piperazine rings is 1. The van der Waals surface area contributed by atoms with E-state index in [2.05, 4.69) is 4.90 Å². The minimum Gasteiger partial charge on any atom is -0.377 e.